The van der Waals surface area contributed by atoms with Crippen molar-refractivity contribution in [2.24, 2.45) is 0 Å². The number of fused-ring (bicyclic) bond motifs is 2. The molecule has 88 heavy (non-hydrogen) atoms. The van der Waals surface area contributed by atoms with Gasteiger partial charge in [-0.15, -0.1) is 0 Å². The van der Waals surface area contributed by atoms with Crippen LogP contribution in [0.1, 0.15) is 22.3 Å². The van der Waals surface area contributed by atoms with Crippen molar-refractivity contribution in [3.05, 3.63) is 179 Å². The Balaban J connectivity index is 0.00000946. The molecular formula is C46H30Na8O24P2S8. The van der Waals surface area contributed by atoms with Gasteiger partial charge in [-0.05, 0) is 59.3 Å². The Bertz CT molecular complexity index is 4580. The minimum atomic E-state index is -7.67. The largest absolute Gasteiger partial charge is 1.00 e. The SMILES string of the molecule is O=S(=O)([O-])C1=C(S(=O)(=O)[O-])C(CP(c2ccccc2)c2ccccc2)(S(=O)(=O)[O-])C(=C2c3ccccc3C=CC2(CP(c2ccccc2)c2ccccc2)S(=O)(=O)[O-])c2c1c(S(=O)(=O)[O-])c(S(=O)(=O)[O-])c(S(=O)(=O)[O-])c2S(=O)(=O)[O-].[Na+].[Na+].[Na+].[Na+].[Na+].[Na+].[Na+].[Na+]. The molecule has 0 radical (unpaired) electrons. The predicted octanol–water partition coefficient (Wildman–Crippen LogP) is -23.1. The Labute approximate surface area is 688 Å². The van der Waals surface area contributed by atoms with E-state index in [9.17, 15) is 77.8 Å². The molecule has 2 aliphatic rings. The maximum absolute atomic E-state index is 15.4. The topological polar surface area (TPSA) is 458 Å². The molecule has 24 nitrogen and oxygen atoms in total. The Morgan fingerprint density at radius 1 is 0.330 bits per heavy atom. The van der Waals surface area contributed by atoms with Gasteiger partial charge in [-0.1, -0.05) is 158 Å². The van der Waals surface area contributed by atoms with Gasteiger partial charge in [0.2, 0.25) is 0 Å². The zero-order valence-electron chi connectivity index (χ0n) is 47.4. The van der Waals surface area contributed by atoms with E-state index < -0.39 is 181 Å². The average Bonchev–Trinajstić information content (AvgIpc) is 0.659. The second-order valence-electron chi connectivity index (χ2n) is 17.3. The Morgan fingerprint density at radius 3 is 0.955 bits per heavy atom. The second-order valence-corrected chi connectivity index (χ2v) is 32.8. The number of benzene rings is 6. The fraction of sp³-hybridized carbons (Fsp3) is 0.0870. The Kier molecular flexibility index (Phi) is 34.7. The van der Waals surface area contributed by atoms with Crippen LogP contribution in [-0.4, -0.2) is 126 Å². The summed E-state index contributed by atoms with van der Waals surface area (Å²) < 4.78 is 333. The van der Waals surface area contributed by atoms with Crippen molar-refractivity contribution in [3.63, 3.8) is 0 Å². The smallest absolute Gasteiger partial charge is 0.747 e. The molecule has 6 aromatic rings. The molecular weight excluding hydrogens is 1440 g/mol. The van der Waals surface area contributed by atoms with Gasteiger partial charge in [-0.3, -0.25) is 0 Å². The first-order valence-electron chi connectivity index (χ1n) is 21.7. The molecule has 0 saturated heterocycles. The first-order chi connectivity index (χ1) is 36.8. The monoisotopic (exact) mass is 1470 g/mol. The number of hydrogen-bond acceptors (Lipinski definition) is 24. The van der Waals surface area contributed by atoms with Crippen molar-refractivity contribution in [1.82, 2.24) is 0 Å². The molecule has 6 aromatic carbocycles. The quantitative estimate of drug-likeness (QED) is 0.0493. The zero-order valence-corrected chi connectivity index (χ0v) is 71.7. The molecule has 0 bridgehead atoms. The summed E-state index contributed by atoms with van der Waals surface area (Å²) in [6.07, 6.45) is -2.30. The fourth-order valence-corrected chi connectivity index (χ4v) is 26.3. The summed E-state index contributed by atoms with van der Waals surface area (Å²) in [4.78, 5) is -20.5. The van der Waals surface area contributed by atoms with Gasteiger partial charge in [-0.25, -0.2) is 67.3 Å². The van der Waals surface area contributed by atoms with Crippen LogP contribution in [0.5, 0.6) is 0 Å². The first-order valence-corrected chi connectivity index (χ1v) is 36.1. The molecule has 0 aromatic heterocycles. The van der Waals surface area contributed by atoms with E-state index in [1.54, 1.807) is 0 Å². The Hall–Kier alpha value is 2.68. The van der Waals surface area contributed by atoms with Crippen molar-refractivity contribution in [1.29, 1.82) is 0 Å². The molecule has 2 atom stereocenters. The van der Waals surface area contributed by atoms with Gasteiger partial charge in [0, 0.05) is 23.5 Å². The van der Waals surface area contributed by atoms with Gasteiger partial charge in [0.15, 0.2) is 0 Å². The molecule has 0 amide bonds. The van der Waals surface area contributed by atoms with Crippen LogP contribution in [-0.2, 0) is 80.9 Å². The van der Waals surface area contributed by atoms with Crippen LogP contribution in [0.2, 0.25) is 0 Å². The van der Waals surface area contributed by atoms with Crippen molar-refractivity contribution in [2.45, 2.75) is 29.1 Å². The third-order valence-electron chi connectivity index (χ3n) is 12.6. The summed E-state index contributed by atoms with van der Waals surface area (Å²) in [7, 11) is -65.9. The molecule has 424 valence electrons. The zero-order chi connectivity index (χ0) is 59.2. The normalized spacial score (nSPS) is 17.7. The van der Waals surface area contributed by atoms with Gasteiger partial charge >= 0.3 is 236 Å². The van der Waals surface area contributed by atoms with E-state index in [0.717, 1.165) is 48.5 Å². The van der Waals surface area contributed by atoms with Crippen LogP contribution < -0.4 is 258 Å². The van der Waals surface area contributed by atoms with Gasteiger partial charge < -0.3 is 36.4 Å². The van der Waals surface area contributed by atoms with Crippen LogP contribution in [0.3, 0.4) is 0 Å². The first kappa shape index (κ1) is 90.7. The third kappa shape index (κ3) is 18.2. The summed E-state index contributed by atoms with van der Waals surface area (Å²) >= 11 is 0. The van der Waals surface area contributed by atoms with E-state index in [-0.39, 0.29) is 258 Å². The molecule has 0 N–H and O–H groups in total. The molecule has 0 spiro atoms. The van der Waals surface area contributed by atoms with Crippen LogP contribution in [0.4, 0.5) is 0 Å². The van der Waals surface area contributed by atoms with Crippen LogP contribution in [0, 0.1) is 0 Å². The summed E-state index contributed by atoms with van der Waals surface area (Å²) in [6.45, 7) is 0. The van der Waals surface area contributed by atoms with Crippen LogP contribution in [0.25, 0.3) is 22.1 Å². The molecule has 42 heteroatoms. The molecule has 0 fully saturated rings. The van der Waals surface area contributed by atoms with Gasteiger partial charge in [0.1, 0.15) is 90.4 Å². The maximum Gasteiger partial charge on any atom is 1.00 e. The van der Waals surface area contributed by atoms with E-state index in [4.69, 9.17) is 0 Å². The minimum absolute atomic E-state index is 0. The van der Waals surface area contributed by atoms with E-state index >= 15 is 25.9 Å². The van der Waals surface area contributed by atoms with Crippen molar-refractivity contribution >= 4 is 140 Å². The Morgan fingerprint density at radius 2 is 0.648 bits per heavy atom. The predicted molar refractivity (Wildman–Crippen MR) is 280 cm³/mol. The summed E-state index contributed by atoms with van der Waals surface area (Å²) in [5.41, 5.74) is -12.0. The van der Waals surface area contributed by atoms with E-state index in [0.29, 0.717) is 12.1 Å². The summed E-state index contributed by atoms with van der Waals surface area (Å²) in [5, 5.41) is -0.349. The van der Waals surface area contributed by atoms with E-state index in [1.165, 1.54) is 97.1 Å². The molecule has 8 rings (SSSR count). The summed E-state index contributed by atoms with van der Waals surface area (Å²) in [6, 6.07) is 29.6. The van der Waals surface area contributed by atoms with E-state index in [2.05, 4.69) is 0 Å². The van der Waals surface area contributed by atoms with Crippen molar-refractivity contribution in [3.8, 4) is 0 Å². The maximum atomic E-state index is 15.4. The standard InChI is InChI=1S/C46H38O24P2S8.8Na/c47-73(48,49)39-35-36(40(74(50,51)52)43(77(59,60)61)42(39)76(56,57)58)41(75(53,54)55)44(78(62,63)64)46(80(68,69)70,28-72(32-20-9-3-10-21-32)33-22-11-4-12-23-33)38(35)37-34-24-14-13-15-29(34)25-26-45(37,79(65,66)67)27-71(30-16-5-1-6-17-30)31-18-7-2-8-19-31;;;;;;;;/h1-26H,27-28H2,(H,47,48,49)(H,50,51,52)(H,53,54,55)(H,56,57,58)(H,59,60,61)(H,62,63,64)(H,65,66,67)(H,68,69,70);;;;;;;;/q;8*+1/p-8. The van der Waals surface area contributed by atoms with Crippen molar-refractivity contribution in [2.75, 3.05) is 12.3 Å². The number of hydrogen-bond donors (Lipinski definition) is 0. The second kappa shape index (κ2) is 33.7. The van der Waals surface area contributed by atoms with Gasteiger partial charge in [-0.2, -0.15) is 0 Å². The van der Waals surface area contributed by atoms with Crippen LogP contribution >= 0.6 is 15.8 Å². The average molecular weight is 1470 g/mol. The third-order valence-corrected chi connectivity index (χ3v) is 27.4. The molecule has 0 heterocycles. The van der Waals surface area contributed by atoms with Gasteiger partial charge in [0.25, 0.3) is 0 Å². The number of rotatable bonds is 16. The minimum Gasteiger partial charge on any atom is -0.747 e. The summed E-state index contributed by atoms with van der Waals surface area (Å²) in [5.74, 6) is 0. The van der Waals surface area contributed by atoms with Crippen LogP contribution in [0.15, 0.2) is 176 Å². The molecule has 0 saturated carbocycles. The molecule has 2 unspecified atom stereocenters. The fourth-order valence-electron chi connectivity index (χ4n) is 9.73. The molecule has 2 aliphatic carbocycles. The molecule has 0 aliphatic heterocycles. The van der Waals surface area contributed by atoms with Gasteiger partial charge in [0.05, 0.1) is 29.4 Å². The van der Waals surface area contributed by atoms with E-state index in [1.807, 2.05) is 0 Å². The van der Waals surface area contributed by atoms with Crippen molar-refractivity contribution < 1.29 is 340 Å².